The number of aromatic nitrogens is 2. The van der Waals surface area contributed by atoms with E-state index in [2.05, 4.69) is 14.9 Å². The van der Waals surface area contributed by atoms with Gasteiger partial charge in [-0.15, -0.1) is 11.3 Å². The van der Waals surface area contributed by atoms with E-state index in [4.69, 9.17) is 5.11 Å². The lowest BCUT2D eigenvalue weighted by atomic mass is 10.4. The van der Waals surface area contributed by atoms with Gasteiger partial charge in [0, 0.05) is 23.7 Å². The zero-order chi connectivity index (χ0) is 13.2. The molecule has 2 heterocycles. The molecular formula is C9H9N3O4S2. The zero-order valence-corrected chi connectivity index (χ0v) is 10.6. The molecule has 2 rings (SSSR count). The summed E-state index contributed by atoms with van der Waals surface area (Å²) in [5.74, 6) is -1.15. The van der Waals surface area contributed by atoms with Crippen molar-refractivity contribution in [2.24, 2.45) is 0 Å². The van der Waals surface area contributed by atoms with Crippen molar-refractivity contribution in [1.82, 2.24) is 14.9 Å². The summed E-state index contributed by atoms with van der Waals surface area (Å²) in [6.07, 6.45) is 3.07. The third-order valence-electron chi connectivity index (χ3n) is 2.11. The molecule has 18 heavy (non-hydrogen) atoms. The van der Waals surface area contributed by atoms with Gasteiger partial charge in [-0.1, -0.05) is 0 Å². The minimum atomic E-state index is -3.69. The maximum absolute atomic E-state index is 11.8. The number of hydrogen-bond donors (Lipinski definition) is 3. The van der Waals surface area contributed by atoms with Crippen molar-refractivity contribution in [2.45, 2.75) is 10.8 Å². The summed E-state index contributed by atoms with van der Waals surface area (Å²) in [5.41, 5.74) is 0.650. The van der Waals surface area contributed by atoms with E-state index in [1.54, 1.807) is 6.20 Å². The van der Waals surface area contributed by atoms with E-state index < -0.39 is 16.0 Å². The first-order valence-corrected chi connectivity index (χ1v) is 7.14. The lowest BCUT2D eigenvalue weighted by Gasteiger charge is -2.02. The molecule has 0 aliphatic rings. The van der Waals surface area contributed by atoms with E-state index in [-0.39, 0.29) is 16.3 Å². The van der Waals surface area contributed by atoms with Crippen molar-refractivity contribution in [1.29, 1.82) is 0 Å². The van der Waals surface area contributed by atoms with Crippen molar-refractivity contribution in [2.75, 3.05) is 0 Å². The second-order valence-electron chi connectivity index (χ2n) is 3.39. The Balaban J connectivity index is 2.12. The molecule has 0 unspecified atom stereocenters. The molecule has 0 aromatic carbocycles. The number of nitrogens with zero attached hydrogens (tertiary/aromatic N) is 1. The quantitative estimate of drug-likeness (QED) is 0.747. The van der Waals surface area contributed by atoms with Crippen LogP contribution in [0.3, 0.4) is 0 Å². The lowest BCUT2D eigenvalue weighted by molar-refractivity contribution is 0.0697. The number of nitrogens with one attached hydrogen (secondary N) is 2. The summed E-state index contributed by atoms with van der Waals surface area (Å²) in [6.45, 7) is 0.0964. The van der Waals surface area contributed by atoms with E-state index in [0.717, 1.165) is 17.4 Å². The number of aromatic amines is 1. The Morgan fingerprint density at radius 2 is 2.33 bits per heavy atom. The van der Waals surface area contributed by atoms with Gasteiger partial charge in [-0.25, -0.2) is 17.9 Å². The number of aromatic carboxylic acids is 1. The van der Waals surface area contributed by atoms with E-state index in [0.29, 0.717) is 5.56 Å². The zero-order valence-electron chi connectivity index (χ0n) is 8.95. The highest BCUT2D eigenvalue weighted by Crippen LogP contribution is 2.20. The summed E-state index contributed by atoms with van der Waals surface area (Å²) < 4.78 is 26.0. The second kappa shape index (κ2) is 4.88. The third-order valence-corrected chi connectivity index (χ3v) is 4.95. The number of carbonyl (C=O) groups is 1. The number of thiophene rings is 1. The van der Waals surface area contributed by atoms with Crippen molar-refractivity contribution < 1.29 is 18.3 Å². The molecule has 2 aromatic heterocycles. The van der Waals surface area contributed by atoms with E-state index >= 15 is 0 Å². The maximum Gasteiger partial charge on any atom is 0.336 e. The molecule has 0 atom stereocenters. The van der Waals surface area contributed by atoms with Crippen molar-refractivity contribution in [3.05, 3.63) is 35.0 Å². The van der Waals surface area contributed by atoms with Crippen molar-refractivity contribution in [3.8, 4) is 0 Å². The normalized spacial score (nSPS) is 11.6. The van der Waals surface area contributed by atoms with Gasteiger partial charge in [0.25, 0.3) is 0 Å². The summed E-state index contributed by atoms with van der Waals surface area (Å²) in [4.78, 5) is 10.7. The Morgan fingerprint density at radius 1 is 1.56 bits per heavy atom. The van der Waals surface area contributed by atoms with Crippen LogP contribution >= 0.6 is 11.3 Å². The number of carboxylic acids is 1. The van der Waals surface area contributed by atoms with Gasteiger partial charge in [0.1, 0.15) is 4.21 Å². The minimum Gasteiger partial charge on any atom is -0.478 e. The van der Waals surface area contributed by atoms with Crippen LogP contribution in [0.15, 0.2) is 28.0 Å². The second-order valence-corrected chi connectivity index (χ2v) is 6.30. The van der Waals surface area contributed by atoms with Crippen LogP contribution in [-0.2, 0) is 16.6 Å². The molecule has 7 nitrogen and oxygen atoms in total. The fraction of sp³-hybridized carbons (Fsp3) is 0.111. The Kier molecular flexibility index (Phi) is 3.45. The molecule has 0 radical (unpaired) electrons. The predicted molar refractivity (Wildman–Crippen MR) is 63.9 cm³/mol. The minimum absolute atomic E-state index is 0.0246. The first kappa shape index (κ1) is 12.7. The molecule has 0 spiro atoms. The van der Waals surface area contributed by atoms with Gasteiger partial charge in [0.15, 0.2) is 0 Å². The molecular weight excluding hydrogens is 278 g/mol. The number of H-pyrrole nitrogens is 1. The molecule has 0 fully saturated rings. The average Bonchev–Trinajstić information content (AvgIpc) is 2.98. The Bertz CT molecular complexity index is 645. The third kappa shape index (κ3) is 2.75. The fourth-order valence-corrected chi connectivity index (χ4v) is 3.41. The number of sulfonamides is 1. The maximum atomic E-state index is 11.8. The molecule has 0 saturated carbocycles. The molecule has 0 aliphatic carbocycles. The summed E-state index contributed by atoms with van der Waals surface area (Å²) >= 11 is 0.867. The van der Waals surface area contributed by atoms with Gasteiger partial charge in [0.05, 0.1) is 11.8 Å². The van der Waals surface area contributed by atoms with Crippen LogP contribution in [-0.4, -0.2) is 29.7 Å². The van der Waals surface area contributed by atoms with Gasteiger partial charge in [-0.3, -0.25) is 5.10 Å². The SMILES string of the molecule is O=C(O)c1csc(S(=O)(=O)NCc2cn[nH]c2)c1. The van der Waals surface area contributed by atoms with Crippen LogP contribution in [0, 0.1) is 0 Å². The summed E-state index contributed by atoms with van der Waals surface area (Å²) in [7, 11) is -3.69. The van der Waals surface area contributed by atoms with Crippen molar-refractivity contribution in [3.63, 3.8) is 0 Å². The Hall–Kier alpha value is -1.71. The first-order chi connectivity index (χ1) is 8.49. The van der Waals surface area contributed by atoms with E-state index in [1.807, 2.05) is 0 Å². The number of rotatable bonds is 5. The largest absolute Gasteiger partial charge is 0.478 e. The number of carboxylic acid groups (broad SMARTS) is 1. The topological polar surface area (TPSA) is 112 Å². The van der Waals surface area contributed by atoms with Gasteiger partial charge in [0.2, 0.25) is 10.0 Å². The molecule has 0 saturated heterocycles. The molecule has 96 valence electrons. The molecule has 0 aliphatic heterocycles. The summed E-state index contributed by atoms with van der Waals surface area (Å²) in [6, 6.07) is 1.13. The fourth-order valence-electron chi connectivity index (χ4n) is 1.19. The monoisotopic (exact) mass is 287 g/mol. The summed E-state index contributed by atoms with van der Waals surface area (Å²) in [5, 5.41) is 16.3. The van der Waals surface area contributed by atoms with Crippen LogP contribution < -0.4 is 4.72 Å². The van der Waals surface area contributed by atoms with Gasteiger partial charge < -0.3 is 5.11 Å². The van der Waals surface area contributed by atoms with Crippen LogP contribution in [0.25, 0.3) is 0 Å². The smallest absolute Gasteiger partial charge is 0.336 e. The van der Waals surface area contributed by atoms with Gasteiger partial charge in [-0.05, 0) is 6.07 Å². The molecule has 0 amide bonds. The standard InChI is InChI=1S/C9H9N3O4S2/c13-9(14)7-1-8(17-5-7)18(15,16)12-4-6-2-10-11-3-6/h1-3,5,12H,4H2,(H,10,11)(H,13,14). The van der Waals surface area contributed by atoms with Crippen LogP contribution in [0.1, 0.15) is 15.9 Å². The first-order valence-electron chi connectivity index (χ1n) is 4.78. The van der Waals surface area contributed by atoms with Crippen LogP contribution in [0.2, 0.25) is 0 Å². The molecule has 9 heteroatoms. The molecule has 0 bridgehead atoms. The Labute approximate surface area is 107 Å². The highest BCUT2D eigenvalue weighted by molar-refractivity contribution is 7.91. The Morgan fingerprint density at radius 3 is 2.89 bits per heavy atom. The average molecular weight is 287 g/mol. The molecule has 3 N–H and O–H groups in total. The number of hydrogen-bond acceptors (Lipinski definition) is 5. The van der Waals surface area contributed by atoms with E-state index in [9.17, 15) is 13.2 Å². The van der Waals surface area contributed by atoms with E-state index in [1.165, 1.54) is 11.6 Å². The van der Waals surface area contributed by atoms with Gasteiger partial charge in [-0.2, -0.15) is 5.10 Å². The van der Waals surface area contributed by atoms with Crippen LogP contribution in [0.5, 0.6) is 0 Å². The van der Waals surface area contributed by atoms with Gasteiger partial charge >= 0.3 is 5.97 Å². The lowest BCUT2D eigenvalue weighted by Crippen LogP contribution is -2.22. The highest BCUT2D eigenvalue weighted by Gasteiger charge is 2.18. The predicted octanol–water partition coefficient (Wildman–Crippen LogP) is 0.648. The highest BCUT2D eigenvalue weighted by atomic mass is 32.2. The molecule has 2 aromatic rings. The van der Waals surface area contributed by atoms with Crippen LogP contribution in [0.4, 0.5) is 0 Å². The van der Waals surface area contributed by atoms with Crippen molar-refractivity contribution >= 4 is 27.3 Å².